The lowest BCUT2D eigenvalue weighted by Crippen LogP contribution is -2.24. The van der Waals surface area contributed by atoms with Crippen LogP contribution in [0.25, 0.3) is 0 Å². The van der Waals surface area contributed by atoms with Gasteiger partial charge in [0.1, 0.15) is 0 Å². The first-order chi connectivity index (χ1) is 8.16. The molecule has 0 radical (unpaired) electrons. The summed E-state index contributed by atoms with van der Waals surface area (Å²) >= 11 is 0. The molecule has 0 aliphatic rings. The largest absolute Gasteiger partial charge is 0.367 e. The van der Waals surface area contributed by atoms with Gasteiger partial charge in [-0.15, -0.1) is 0 Å². The third-order valence-electron chi connectivity index (χ3n) is 2.77. The van der Waals surface area contributed by atoms with Crippen LogP contribution in [-0.4, -0.2) is 21.1 Å². The number of amides is 1. The number of carbonyl (C=O) groups is 1. The predicted octanol–water partition coefficient (Wildman–Crippen LogP) is 1.21. The molecule has 0 saturated carbocycles. The van der Waals surface area contributed by atoms with E-state index in [4.69, 9.17) is 0 Å². The smallest absolute Gasteiger partial charge is 0.224 e. The first kappa shape index (κ1) is 11.4. The summed E-state index contributed by atoms with van der Waals surface area (Å²) in [5.41, 5.74) is 3.90. The summed E-state index contributed by atoms with van der Waals surface area (Å²) in [4.78, 5) is 14.7. The second kappa shape index (κ2) is 4.86. The third-order valence-corrected chi connectivity index (χ3v) is 2.77. The van der Waals surface area contributed by atoms with Crippen LogP contribution in [0.15, 0.2) is 18.5 Å². The van der Waals surface area contributed by atoms with Crippen molar-refractivity contribution in [3.63, 3.8) is 0 Å². The number of hydrogen-bond acceptors (Lipinski definition) is 2. The number of aromatic amines is 2. The van der Waals surface area contributed by atoms with Crippen molar-refractivity contribution in [1.29, 1.82) is 0 Å². The van der Waals surface area contributed by atoms with Crippen molar-refractivity contribution in [1.82, 2.24) is 20.5 Å². The normalized spacial score (nSPS) is 10.5. The molecule has 3 N–H and O–H groups in total. The zero-order chi connectivity index (χ0) is 12.3. The van der Waals surface area contributed by atoms with Crippen LogP contribution in [-0.2, 0) is 17.8 Å². The monoisotopic (exact) mass is 232 g/mol. The highest BCUT2D eigenvalue weighted by molar-refractivity contribution is 5.79. The molecule has 2 aromatic rings. The number of rotatable bonds is 4. The van der Waals surface area contributed by atoms with E-state index in [0.717, 1.165) is 22.5 Å². The summed E-state index contributed by atoms with van der Waals surface area (Å²) in [6.45, 7) is 4.38. The van der Waals surface area contributed by atoms with Gasteiger partial charge in [0.25, 0.3) is 0 Å². The average Bonchev–Trinajstić information content (AvgIpc) is 2.91. The summed E-state index contributed by atoms with van der Waals surface area (Å²) in [6, 6.07) is 1.94. The highest BCUT2D eigenvalue weighted by Gasteiger charge is 2.10. The average molecular weight is 232 g/mol. The molecular formula is C12H16N4O. The van der Waals surface area contributed by atoms with E-state index < -0.39 is 0 Å². The second-order valence-electron chi connectivity index (χ2n) is 4.09. The number of aryl methyl sites for hydroxylation is 2. The molecule has 0 spiro atoms. The standard InChI is InChI=1S/C12H16N4O/c1-8-11(9(2)16-15-8)5-12(17)14-7-10-3-4-13-6-10/h3-4,6,13H,5,7H2,1-2H3,(H,14,17)(H,15,16). The van der Waals surface area contributed by atoms with Crippen LogP contribution >= 0.6 is 0 Å². The fraction of sp³-hybridized carbons (Fsp3) is 0.333. The van der Waals surface area contributed by atoms with Crippen molar-refractivity contribution in [2.24, 2.45) is 0 Å². The molecule has 0 saturated heterocycles. The van der Waals surface area contributed by atoms with Gasteiger partial charge in [-0.1, -0.05) is 0 Å². The lowest BCUT2D eigenvalue weighted by molar-refractivity contribution is -0.120. The van der Waals surface area contributed by atoms with E-state index in [9.17, 15) is 4.79 Å². The number of nitrogens with zero attached hydrogens (tertiary/aromatic N) is 1. The first-order valence-electron chi connectivity index (χ1n) is 5.55. The molecular weight excluding hydrogens is 216 g/mol. The van der Waals surface area contributed by atoms with Gasteiger partial charge >= 0.3 is 0 Å². The van der Waals surface area contributed by atoms with Gasteiger partial charge in [-0.3, -0.25) is 9.89 Å². The van der Waals surface area contributed by atoms with Gasteiger partial charge in [-0.25, -0.2) is 0 Å². The quantitative estimate of drug-likeness (QED) is 0.741. The van der Waals surface area contributed by atoms with Gasteiger partial charge in [0.05, 0.1) is 12.1 Å². The SMILES string of the molecule is Cc1n[nH]c(C)c1CC(=O)NCc1cc[nH]c1. The fourth-order valence-corrected chi connectivity index (χ4v) is 1.73. The number of nitrogens with one attached hydrogen (secondary N) is 3. The zero-order valence-corrected chi connectivity index (χ0v) is 10.0. The van der Waals surface area contributed by atoms with Crippen LogP contribution in [0.1, 0.15) is 22.5 Å². The Labute approximate surface area is 99.6 Å². The maximum Gasteiger partial charge on any atom is 0.224 e. The number of aromatic nitrogens is 3. The molecule has 0 aliphatic heterocycles. The van der Waals surface area contributed by atoms with Gasteiger partial charge in [0, 0.05) is 30.2 Å². The number of carbonyl (C=O) groups excluding carboxylic acids is 1. The topological polar surface area (TPSA) is 73.6 Å². The Morgan fingerprint density at radius 2 is 2.29 bits per heavy atom. The molecule has 2 heterocycles. The lowest BCUT2D eigenvalue weighted by Gasteiger charge is -2.04. The Balaban J connectivity index is 1.89. The summed E-state index contributed by atoms with van der Waals surface area (Å²) in [7, 11) is 0. The van der Waals surface area contributed by atoms with E-state index in [2.05, 4.69) is 20.5 Å². The third kappa shape index (κ3) is 2.75. The Morgan fingerprint density at radius 3 is 2.88 bits per heavy atom. The molecule has 0 fully saturated rings. The van der Waals surface area contributed by atoms with Crippen molar-refractivity contribution in [3.8, 4) is 0 Å². The van der Waals surface area contributed by atoms with E-state index in [1.807, 2.05) is 32.3 Å². The summed E-state index contributed by atoms with van der Waals surface area (Å²) in [5, 5.41) is 9.82. The summed E-state index contributed by atoms with van der Waals surface area (Å²) in [6.07, 6.45) is 4.08. The van der Waals surface area contributed by atoms with Gasteiger partial charge in [-0.05, 0) is 25.5 Å². The molecule has 17 heavy (non-hydrogen) atoms. The molecule has 0 unspecified atom stereocenters. The van der Waals surface area contributed by atoms with Crippen molar-refractivity contribution >= 4 is 5.91 Å². The van der Waals surface area contributed by atoms with E-state index in [1.165, 1.54) is 0 Å². The van der Waals surface area contributed by atoms with Gasteiger partial charge in [0.2, 0.25) is 5.91 Å². The van der Waals surface area contributed by atoms with Crippen molar-refractivity contribution in [3.05, 3.63) is 41.0 Å². The minimum atomic E-state index is 0.0128. The molecule has 5 heteroatoms. The summed E-state index contributed by atoms with van der Waals surface area (Å²) in [5.74, 6) is 0.0128. The fourth-order valence-electron chi connectivity index (χ4n) is 1.73. The van der Waals surface area contributed by atoms with Gasteiger partial charge in [0.15, 0.2) is 0 Å². The molecule has 2 rings (SSSR count). The maximum absolute atomic E-state index is 11.7. The molecule has 1 amide bonds. The highest BCUT2D eigenvalue weighted by atomic mass is 16.1. The van der Waals surface area contributed by atoms with Crippen LogP contribution in [0, 0.1) is 13.8 Å². The molecule has 0 bridgehead atoms. The van der Waals surface area contributed by atoms with Crippen LogP contribution < -0.4 is 5.32 Å². The van der Waals surface area contributed by atoms with Gasteiger partial charge in [-0.2, -0.15) is 5.10 Å². The minimum Gasteiger partial charge on any atom is -0.367 e. The Hall–Kier alpha value is -2.04. The van der Waals surface area contributed by atoms with Crippen molar-refractivity contribution in [2.45, 2.75) is 26.8 Å². The molecule has 2 aromatic heterocycles. The minimum absolute atomic E-state index is 0.0128. The van der Waals surface area contributed by atoms with E-state index in [-0.39, 0.29) is 5.91 Å². The molecule has 0 atom stereocenters. The van der Waals surface area contributed by atoms with Crippen LogP contribution in [0.5, 0.6) is 0 Å². The summed E-state index contributed by atoms with van der Waals surface area (Å²) < 4.78 is 0. The number of hydrogen-bond donors (Lipinski definition) is 3. The number of H-pyrrole nitrogens is 2. The highest BCUT2D eigenvalue weighted by Crippen LogP contribution is 2.09. The Kier molecular flexibility index (Phi) is 3.27. The van der Waals surface area contributed by atoms with Crippen LogP contribution in [0.3, 0.4) is 0 Å². The molecule has 5 nitrogen and oxygen atoms in total. The predicted molar refractivity (Wildman–Crippen MR) is 64.4 cm³/mol. The van der Waals surface area contributed by atoms with E-state index in [1.54, 1.807) is 0 Å². The second-order valence-corrected chi connectivity index (χ2v) is 4.09. The Bertz CT molecular complexity index is 479. The molecule has 0 aliphatic carbocycles. The van der Waals surface area contributed by atoms with E-state index in [0.29, 0.717) is 13.0 Å². The van der Waals surface area contributed by atoms with E-state index >= 15 is 0 Å². The van der Waals surface area contributed by atoms with Crippen LogP contribution in [0.4, 0.5) is 0 Å². The van der Waals surface area contributed by atoms with Crippen molar-refractivity contribution < 1.29 is 4.79 Å². The van der Waals surface area contributed by atoms with Crippen LogP contribution in [0.2, 0.25) is 0 Å². The Morgan fingerprint density at radius 1 is 1.47 bits per heavy atom. The maximum atomic E-state index is 11.7. The van der Waals surface area contributed by atoms with Crippen molar-refractivity contribution in [2.75, 3.05) is 0 Å². The molecule has 90 valence electrons. The first-order valence-corrected chi connectivity index (χ1v) is 5.55. The molecule has 0 aromatic carbocycles. The zero-order valence-electron chi connectivity index (χ0n) is 10.0. The lowest BCUT2D eigenvalue weighted by atomic mass is 10.1. The van der Waals surface area contributed by atoms with Gasteiger partial charge < -0.3 is 10.3 Å².